The largest absolute Gasteiger partial charge is 0.381 e. The summed E-state index contributed by atoms with van der Waals surface area (Å²) in [5.74, 6) is -0.305. The summed E-state index contributed by atoms with van der Waals surface area (Å²) in [6, 6.07) is 13.6. The highest BCUT2D eigenvalue weighted by atomic mass is 32.2. The van der Waals surface area contributed by atoms with E-state index in [1.165, 1.54) is 6.07 Å². The number of benzene rings is 2. The fourth-order valence-corrected chi connectivity index (χ4v) is 4.87. The predicted molar refractivity (Wildman–Crippen MR) is 95.9 cm³/mol. The fraction of sp³-hybridized carbons (Fsp3) is 0.158. The summed E-state index contributed by atoms with van der Waals surface area (Å²) in [6.45, 7) is 2.47. The lowest BCUT2D eigenvalue weighted by Crippen LogP contribution is -2.35. The van der Waals surface area contributed by atoms with Crippen LogP contribution < -0.4 is 5.32 Å². The number of fused-ring (bicyclic) bond motifs is 4. The summed E-state index contributed by atoms with van der Waals surface area (Å²) in [7, 11) is -3.83. The van der Waals surface area contributed by atoms with E-state index in [1.807, 2.05) is 6.92 Å². The number of sulfone groups is 1. The lowest BCUT2D eigenvalue weighted by atomic mass is 9.91. The van der Waals surface area contributed by atoms with E-state index in [1.54, 1.807) is 42.5 Å². The Kier molecular flexibility index (Phi) is 3.58. The van der Waals surface area contributed by atoms with Gasteiger partial charge in [0.1, 0.15) is 10.6 Å². The number of rotatable bonds is 3. The first-order chi connectivity index (χ1) is 12.1. The predicted octanol–water partition coefficient (Wildman–Crippen LogP) is 3.00. The summed E-state index contributed by atoms with van der Waals surface area (Å²) in [4.78, 5) is 17.6. The maximum Gasteiger partial charge on any atom is 0.213 e. The van der Waals surface area contributed by atoms with Crippen molar-refractivity contribution in [2.24, 2.45) is 4.99 Å². The minimum atomic E-state index is -3.83. The molecule has 0 spiro atoms. The number of para-hydroxylation sites is 1. The zero-order valence-electron chi connectivity index (χ0n) is 13.6. The van der Waals surface area contributed by atoms with Crippen molar-refractivity contribution >= 4 is 27.0 Å². The number of nitrogens with zero attached hydrogens (tertiary/aromatic N) is 1. The number of hydrogen-bond acceptors (Lipinski definition) is 5. The Balaban J connectivity index is 2.09. The van der Waals surface area contributed by atoms with Gasteiger partial charge in [-0.15, -0.1) is 0 Å². The summed E-state index contributed by atoms with van der Waals surface area (Å²) >= 11 is 0. The first-order valence-corrected chi connectivity index (χ1v) is 9.59. The lowest BCUT2D eigenvalue weighted by Gasteiger charge is -2.27. The Morgan fingerprint density at radius 2 is 1.68 bits per heavy atom. The van der Waals surface area contributed by atoms with Crippen LogP contribution in [0.1, 0.15) is 29.3 Å². The van der Waals surface area contributed by atoms with Crippen molar-refractivity contribution in [2.45, 2.75) is 18.2 Å². The summed E-state index contributed by atoms with van der Waals surface area (Å²) in [6.07, 6.45) is 0.773. The first-order valence-electron chi connectivity index (χ1n) is 8.11. The minimum Gasteiger partial charge on any atom is -0.381 e. The van der Waals surface area contributed by atoms with Crippen LogP contribution in [0, 0.1) is 0 Å². The highest BCUT2D eigenvalue weighted by Gasteiger charge is 2.41. The lowest BCUT2D eigenvalue weighted by molar-refractivity contribution is 0.102. The van der Waals surface area contributed by atoms with Gasteiger partial charge in [-0.1, -0.05) is 43.3 Å². The quantitative estimate of drug-likeness (QED) is 0.921. The highest BCUT2D eigenvalue weighted by molar-refractivity contribution is 7.96. The van der Waals surface area contributed by atoms with Crippen molar-refractivity contribution in [1.82, 2.24) is 5.32 Å². The Hall–Kier alpha value is -2.73. The van der Waals surface area contributed by atoms with Crippen molar-refractivity contribution in [3.05, 3.63) is 70.3 Å². The molecule has 0 saturated carbocycles. The maximum atomic E-state index is 13.2. The van der Waals surface area contributed by atoms with Crippen LogP contribution in [0.3, 0.4) is 0 Å². The second-order valence-corrected chi connectivity index (χ2v) is 7.79. The van der Waals surface area contributed by atoms with Crippen molar-refractivity contribution in [2.75, 3.05) is 6.54 Å². The molecule has 0 atom stereocenters. The average molecular weight is 352 g/mol. The van der Waals surface area contributed by atoms with E-state index in [-0.39, 0.29) is 21.3 Å². The molecule has 1 heterocycles. The van der Waals surface area contributed by atoms with E-state index in [0.717, 1.165) is 6.42 Å². The van der Waals surface area contributed by atoms with E-state index in [2.05, 4.69) is 10.3 Å². The molecule has 0 aromatic heterocycles. The third kappa shape index (κ3) is 2.25. The number of ketones is 1. The standard InChI is InChI=1S/C19H16N2O3S/c1-2-11-20-17-18(22)13-8-4-3-7-12(13)16-19(17)25(23,24)15-10-6-5-9-14(15)21-16/h3-10,20H,2,11H2,1H3. The molecule has 2 aliphatic rings. The number of carbonyl (C=O) groups is 1. The molecule has 5 nitrogen and oxygen atoms in total. The van der Waals surface area contributed by atoms with Gasteiger partial charge in [0.2, 0.25) is 15.6 Å². The average Bonchev–Trinajstić information content (AvgIpc) is 2.62. The normalized spacial score (nSPS) is 17.3. The summed E-state index contributed by atoms with van der Waals surface area (Å²) in [5.41, 5.74) is 1.89. The SMILES string of the molecule is CCCNC1=C2C(=Nc3ccccc3S2(=O)=O)c2ccccc2C1=O. The molecule has 1 aliphatic heterocycles. The third-order valence-electron chi connectivity index (χ3n) is 4.30. The molecule has 0 amide bonds. The van der Waals surface area contributed by atoms with Crippen LogP contribution in [-0.2, 0) is 9.84 Å². The molecular weight excluding hydrogens is 336 g/mol. The molecule has 0 unspecified atom stereocenters. The molecule has 25 heavy (non-hydrogen) atoms. The Bertz CT molecular complexity index is 1070. The second-order valence-electron chi connectivity index (χ2n) is 5.94. The van der Waals surface area contributed by atoms with Gasteiger partial charge in [-0.2, -0.15) is 0 Å². The number of Topliss-reactive ketones (excluding diaryl/α,β-unsaturated/α-hetero) is 1. The van der Waals surface area contributed by atoms with Crippen LogP contribution in [0.2, 0.25) is 0 Å². The molecule has 2 aromatic carbocycles. The number of hydrogen-bond donors (Lipinski definition) is 1. The Morgan fingerprint density at radius 1 is 1.00 bits per heavy atom. The number of aliphatic imine (C=N–C) groups is 1. The van der Waals surface area contributed by atoms with Crippen LogP contribution in [0.25, 0.3) is 0 Å². The van der Waals surface area contributed by atoms with Gasteiger partial charge >= 0.3 is 0 Å². The van der Waals surface area contributed by atoms with Gasteiger partial charge in [0, 0.05) is 17.7 Å². The number of allylic oxidation sites excluding steroid dienone is 2. The van der Waals surface area contributed by atoms with Gasteiger partial charge in [0.05, 0.1) is 16.3 Å². The monoisotopic (exact) mass is 352 g/mol. The van der Waals surface area contributed by atoms with Gasteiger partial charge < -0.3 is 5.32 Å². The van der Waals surface area contributed by atoms with Gasteiger partial charge in [-0.25, -0.2) is 13.4 Å². The fourth-order valence-electron chi connectivity index (χ4n) is 3.16. The molecule has 1 N–H and O–H groups in total. The van der Waals surface area contributed by atoms with E-state index < -0.39 is 9.84 Å². The maximum absolute atomic E-state index is 13.2. The van der Waals surface area contributed by atoms with Crippen LogP contribution in [0.15, 0.2) is 69.0 Å². The zero-order valence-corrected chi connectivity index (χ0v) is 14.4. The van der Waals surface area contributed by atoms with Crippen LogP contribution in [0.4, 0.5) is 5.69 Å². The van der Waals surface area contributed by atoms with Crippen molar-refractivity contribution in [3.63, 3.8) is 0 Å². The van der Waals surface area contributed by atoms with Gasteiger partial charge in [0.25, 0.3) is 0 Å². The number of nitrogens with one attached hydrogen (secondary N) is 1. The van der Waals surface area contributed by atoms with Crippen molar-refractivity contribution in [1.29, 1.82) is 0 Å². The first kappa shape index (κ1) is 15.8. The van der Waals surface area contributed by atoms with Gasteiger partial charge in [-0.05, 0) is 18.6 Å². The summed E-state index contributed by atoms with van der Waals surface area (Å²) in [5, 5.41) is 3.02. The molecule has 0 bridgehead atoms. The van der Waals surface area contributed by atoms with Crippen LogP contribution in [0.5, 0.6) is 0 Å². The molecule has 0 radical (unpaired) electrons. The van der Waals surface area contributed by atoms with Crippen molar-refractivity contribution in [3.8, 4) is 0 Å². The topological polar surface area (TPSA) is 75.6 Å². The Labute approximate surface area is 146 Å². The van der Waals surface area contributed by atoms with Crippen molar-refractivity contribution < 1.29 is 13.2 Å². The van der Waals surface area contributed by atoms with E-state index >= 15 is 0 Å². The molecule has 0 fully saturated rings. The molecule has 4 rings (SSSR count). The van der Waals surface area contributed by atoms with E-state index in [9.17, 15) is 13.2 Å². The van der Waals surface area contributed by atoms with E-state index in [0.29, 0.717) is 29.1 Å². The van der Waals surface area contributed by atoms with Crippen LogP contribution in [-0.4, -0.2) is 26.5 Å². The smallest absolute Gasteiger partial charge is 0.213 e. The molecule has 126 valence electrons. The van der Waals surface area contributed by atoms with E-state index in [4.69, 9.17) is 0 Å². The van der Waals surface area contributed by atoms with Gasteiger partial charge in [-0.3, -0.25) is 4.79 Å². The third-order valence-corrected chi connectivity index (χ3v) is 6.16. The molecule has 2 aromatic rings. The molecular formula is C19H16N2O3S. The molecule has 0 saturated heterocycles. The minimum absolute atomic E-state index is 0.0108. The Morgan fingerprint density at radius 3 is 2.44 bits per heavy atom. The highest BCUT2D eigenvalue weighted by Crippen LogP contribution is 2.40. The van der Waals surface area contributed by atoms with Gasteiger partial charge in [0.15, 0.2) is 0 Å². The molecule has 6 heteroatoms. The van der Waals surface area contributed by atoms with Crippen LogP contribution >= 0.6 is 0 Å². The summed E-state index contributed by atoms with van der Waals surface area (Å²) < 4.78 is 26.5. The second kappa shape index (κ2) is 5.67. The zero-order chi connectivity index (χ0) is 17.6. The molecule has 1 aliphatic carbocycles. The number of carbonyl (C=O) groups excluding carboxylic acids is 1.